The lowest BCUT2D eigenvalue weighted by Crippen LogP contribution is -2.42. The zero-order chi connectivity index (χ0) is 34.1. The van der Waals surface area contributed by atoms with Gasteiger partial charge in [-0.25, -0.2) is 14.5 Å². The largest absolute Gasteiger partial charge is 0.358 e. The lowest BCUT2D eigenvalue weighted by Gasteiger charge is -2.37. The van der Waals surface area contributed by atoms with Gasteiger partial charge in [0.1, 0.15) is 36.7 Å². The highest BCUT2D eigenvalue weighted by atomic mass is 16.7. The van der Waals surface area contributed by atoms with Gasteiger partial charge in [0, 0.05) is 12.6 Å². The van der Waals surface area contributed by atoms with E-state index in [1.807, 2.05) is 91.0 Å². The van der Waals surface area contributed by atoms with E-state index in [1.54, 1.807) is 36.5 Å². The number of carbonyl (C=O) groups is 2. The smallest absolute Gasteiger partial charge is 0.351 e. The summed E-state index contributed by atoms with van der Waals surface area (Å²) in [6.07, 6.45) is 1.90. The molecule has 2 aliphatic heterocycles. The molecule has 4 aromatic carbocycles. The molecule has 2 aliphatic rings. The van der Waals surface area contributed by atoms with Crippen molar-refractivity contribution in [2.75, 3.05) is 6.61 Å². The molecule has 3 atom stereocenters. The van der Waals surface area contributed by atoms with Gasteiger partial charge in [-0.2, -0.15) is 10.1 Å². The van der Waals surface area contributed by atoms with E-state index in [9.17, 15) is 14.4 Å². The average molecular weight is 667 g/mol. The molecule has 0 N–H and O–H groups in total. The van der Waals surface area contributed by atoms with Crippen molar-refractivity contribution >= 4 is 11.8 Å². The third kappa shape index (κ3) is 5.50. The summed E-state index contributed by atoms with van der Waals surface area (Å²) in [6.45, 7) is -0.0394. The molecule has 0 spiro atoms. The Labute approximate surface area is 286 Å². The van der Waals surface area contributed by atoms with Crippen LogP contribution >= 0.6 is 0 Å². The van der Waals surface area contributed by atoms with E-state index in [0.717, 1.165) is 21.8 Å². The molecule has 2 aromatic heterocycles. The molecule has 248 valence electrons. The van der Waals surface area contributed by atoms with Crippen molar-refractivity contribution in [3.8, 4) is 5.82 Å². The lowest BCUT2D eigenvalue weighted by molar-refractivity contribution is -0.166. The monoisotopic (exact) mass is 666 g/mol. The number of hydrogen-bond donors (Lipinski definition) is 0. The molecule has 2 amide bonds. The van der Waals surface area contributed by atoms with E-state index in [2.05, 4.69) is 15.1 Å². The van der Waals surface area contributed by atoms with Crippen LogP contribution in [0.2, 0.25) is 0 Å². The summed E-state index contributed by atoms with van der Waals surface area (Å²) in [6, 6.07) is 37.8. The topological polar surface area (TPSA) is 131 Å². The first-order chi connectivity index (χ1) is 24.5. The van der Waals surface area contributed by atoms with Crippen molar-refractivity contribution in [1.29, 1.82) is 0 Å². The number of hydrogen-bond acceptors (Lipinski definition) is 9. The van der Waals surface area contributed by atoms with Gasteiger partial charge in [0.15, 0.2) is 5.82 Å². The number of nitrogens with zero attached hydrogens (tertiary/aromatic N) is 6. The van der Waals surface area contributed by atoms with Crippen molar-refractivity contribution in [2.24, 2.45) is 0 Å². The number of benzene rings is 4. The number of imide groups is 1. The Hall–Kier alpha value is -6.08. The second-order valence-electron chi connectivity index (χ2n) is 11.9. The van der Waals surface area contributed by atoms with Crippen molar-refractivity contribution in [3.05, 3.63) is 178 Å². The maximum Gasteiger partial charge on any atom is 0.351 e. The first kappa shape index (κ1) is 31.2. The van der Waals surface area contributed by atoms with Crippen LogP contribution in [0.3, 0.4) is 0 Å². The summed E-state index contributed by atoms with van der Waals surface area (Å²) in [7, 11) is 0. The molecular formula is C38H30N6O6. The molecule has 1 fully saturated rings. The fraction of sp³-hybridized carbons (Fsp3) is 0.158. The summed E-state index contributed by atoms with van der Waals surface area (Å²) >= 11 is 0. The quantitative estimate of drug-likeness (QED) is 0.151. The van der Waals surface area contributed by atoms with E-state index in [0.29, 0.717) is 5.82 Å². The van der Waals surface area contributed by atoms with Crippen LogP contribution in [0.15, 0.2) is 145 Å². The first-order valence-corrected chi connectivity index (χ1v) is 16.1. The van der Waals surface area contributed by atoms with E-state index in [-0.39, 0.29) is 24.2 Å². The van der Waals surface area contributed by atoms with Gasteiger partial charge < -0.3 is 9.47 Å². The molecule has 0 bridgehead atoms. The van der Waals surface area contributed by atoms with Crippen LogP contribution in [-0.4, -0.2) is 60.0 Å². The second kappa shape index (κ2) is 13.1. The maximum absolute atomic E-state index is 13.4. The van der Waals surface area contributed by atoms with Crippen LogP contribution in [-0.2, 0) is 19.9 Å². The molecular weight excluding hydrogens is 636 g/mol. The summed E-state index contributed by atoms with van der Waals surface area (Å²) in [5.41, 5.74) is 1.48. The van der Waals surface area contributed by atoms with Crippen molar-refractivity contribution in [3.63, 3.8) is 0 Å². The molecule has 6 aromatic rings. The van der Waals surface area contributed by atoms with Gasteiger partial charge in [0.25, 0.3) is 11.8 Å². The third-order valence-electron chi connectivity index (χ3n) is 8.96. The number of aromatic nitrogens is 5. The Morgan fingerprint density at radius 2 is 1.30 bits per heavy atom. The number of ether oxygens (including phenoxy) is 2. The zero-order valence-corrected chi connectivity index (χ0v) is 26.6. The fourth-order valence-corrected chi connectivity index (χ4v) is 6.58. The summed E-state index contributed by atoms with van der Waals surface area (Å²) in [4.78, 5) is 54.3. The summed E-state index contributed by atoms with van der Waals surface area (Å²) in [5.74, 6) is -0.854. The highest BCUT2D eigenvalue weighted by Gasteiger charge is 2.46. The molecule has 0 radical (unpaired) electrons. The average Bonchev–Trinajstić information content (AvgIpc) is 3.90. The van der Waals surface area contributed by atoms with Gasteiger partial charge in [0.05, 0.1) is 17.7 Å². The zero-order valence-electron chi connectivity index (χ0n) is 26.6. The van der Waals surface area contributed by atoms with Gasteiger partial charge in [-0.15, -0.1) is 5.06 Å². The van der Waals surface area contributed by atoms with E-state index < -0.39 is 41.5 Å². The molecule has 1 saturated heterocycles. The van der Waals surface area contributed by atoms with E-state index in [1.165, 1.54) is 21.9 Å². The normalized spacial score (nSPS) is 18.8. The number of fused-ring (bicyclic) bond motifs is 1. The van der Waals surface area contributed by atoms with Crippen molar-refractivity contribution in [2.45, 2.75) is 30.5 Å². The minimum absolute atomic E-state index is 0.0394. The van der Waals surface area contributed by atoms with Gasteiger partial charge in [-0.1, -0.05) is 103 Å². The molecule has 50 heavy (non-hydrogen) atoms. The van der Waals surface area contributed by atoms with Crippen molar-refractivity contribution < 1.29 is 23.9 Å². The van der Waals surface area contributed by atoms with Gasteiger partial charge in [-0.3, -0.25) is 19.0 Å². The van der Waals surface area contributed by atoms with Gasteiger partial charge in [0.2, 0.25) is 0 Å². The Morgan fingerprint density at radius 3 is 1.82 bits per heavy atom. The molecule has 0 aliphatic carbocycles. The molecule has 12 nitrogen and oxygen atoms in total. The highest BCUT2D eigenvalue weighted by molar-refractivity contribution is 6.20. The van der Waals surface area contributed by atoms with Crippen LogP contribution in [0.25, 0.3) is 5.82 Å². The molecule has 4 heterocycles. The highest BCUT2D eigenvalue weighted by Crippen LogP contribution is 2.42. The van der Waals surface area contributed by atoms with Crippen LogP contribution in [0.4, 0.5) is 0 Å². The minimum Gasteiger partial charge on any atom is -0.358 e. The van der Waals surface area contributed by atoms with E-state index in [4.69, 9.17) is 14.3 Å². The number of amides is 2. The van der Waals surface area contributed by atoms with Crippen LogP contribution < -0.4 is 5.69 Å². The molecule has 12 heteroatoms. The molecule has 0 unspecified atom stereocenters. The Bertz CT molecular complexity index is 2060. The minimum atomic E-state index is -1.08. The standard InChI is InChI=1S/C38H30N6O6/c45-35-29-18-10-11-19-30(29)36(46)44(35)50-31-22-34(42-21-20-33(41-37(42)47)43-25-39-24-40-43)49-32(31)23-48-38(26-12-4-1-5-13-26,27-14-6-2-7-15-27)28-16-8-3-9-17-28/h1-21,24-25,31-32,34H,22-23H2/t31-,32+,34-/m0/s1. The second-order valence-corrected chi connectivity index (χ2v) is 11.9. The van der Waals surface area contributed by atoms with Crippen LogP contribution in [0, 0.1) is 0 Å². The van der Waals surface area contributed by atoms with Crippen LogP contribution in [0.1, 0.15) is 50.1 Å². The van der Waals surface area contributed by atoms with Crippen molar-refractivity contribution in [1.82, 2.24) is 29.4 Å². The van der Waals surface area contributed by atoms with Gasteiger partial charge >= 0.3 is 5.69 Å². The number of carbonyl (C=O) groups excluding carboxylic acids is 2. The Kier molecular flexibility index (Phi) is 8.17. The summed E-state index contributed by atoms with van der Waals surface area (Å²) in [5, 5.41) is 4.83. The van der Waals surface area contributed by atoms with Gasteiger partial charge in [-0.05, 0) is 34.9 Å². The first-order valence-electron chi connectivity index (χ1n) is 16.1. The number of rotatable bonds is 10. The number of hydroxylamine groups is 2. The maximum atomic E-state index is 13.4. The molecule has 8 rings (SSSR count). The lowest BCUT2D eigenvalue weighted by atomic mass is 9.80. The predicted octanol–water partition coefficient (Wildman–Crippen LogP) is 4.72. The van der Waals surface area contributed by atoms with Crippen LogP contribution in [0.5, 0.6) is 0 Å². The predicted molar refractivity (Wildman–Crippen MR) is 179 cm³/mol. The molecule has 0 saturated carbocycles. The Morgan fingerprint density at radius 1 is 0.740 bits per heavy atom. The SMILES string of the molecule is O=C1c2ccccc2C(=O)N1O[C@H]1C[C@@H](n2ccc(-n3cncn3)nc2=O)O[C@@H]1COC(c1ccccc1)(c1ccccc1)c1ccccc1. The fourth-order valence-electron chi connectivity index (χ4n) is 6.58. The third-order valence-corrected chi connectivity index (χ3v) is 8.96. The Balaban J connectivity index is 1.16. The summed E-state index contributed by atoms with van der Waals surface area (Å²) < 4.78 is 16.3. The van der Waals surface area contributed by atoms with E-state index >= 15 is 0 Å².